The van der Waals surface area contributed by atoms with Gasteiger partial charge in [-0.2, -0.15) is 0 Å². The molecule has 0 amide bonds. The minimum absolute atomic E-state index is 0.0335. The van der Waals surface area contributed by atoms with Gasteiger partial charge in [-0.05, 0) is 49.4 Å². The maximum atomic E-state index is 13.0. The van der Waals surface area contributed by atoms with Crippen molar-refractivity contribution in [2.75, 3.05) is 5.33 Å². The van der Waals surface area contributed by atoms with E-state index in [-0.39, 0.29) is 10.9 Å². The van der Waals surface area contributed by atoms with Crippen LogP contribution in [0.1, 0.15) is 24.8 Å². The quantitative estimate of drug-likeness (QED) is 0.849. The first-order chi connectivity index (χ1) is 8.94. The van der Waals surface area contributed by atoms with Crippen LogP contribution in [0, 0.1) is 18.7 Å². The van der Waals surface area contributed by atoms with Crippen LogP contribution in [-0.4, -0.2) is 19.8 Å². The molecule has 3 nitrogen and oxygen atoms in total. The molecule has 1 aliphatic rings. The van der Waals surface area contributed by atoms with Gasteiger partial charge >= 0.3 is 0 Å². The Morgan fingerprint density at radius 1 is 1.42 bits per heavy atom. The highest BCUT2D eigenvalue weighted by Crippen LogP contribution is 2.29. The molecule has 6 heteroatoms. The van der Waals surface area contributed by atoms with Gasteiger partial charge in [0.25, 0.3) is 0 Å². The zero-order valence-corrected chi connectivity index (χ0v) is 13.1. The number of benzene rings is 1. The molecule has 1 aromatic rings. The number of alkyl halides is 1. The van der Waals surface area contributed by atoms with Gasteiger partial charge in [-0.15, -0.1) is 0 Å². The summed E-state index contributed by atoms with van der Waals surface area (Å²) in [5.41, 5.74) is 0.431. The van der Waals surface area contributed by atoms with E-state index >= 15 is 0 Å². The number of aryl methyl sites for hydroxylation is 1. The number of sulfonamides is 1. The molecular formula is C13H17BrFNO2S. The number of hydrogen-bond acceptors (Lipinski definition) is 2. The second-order valence-corrected chi connectivity index (χ2v) is 7.31. The molecule has 1 aliphatic carbocycles. The van der Waals surface area contributed by atoms with Crippen LogP contribution in [0.15, 0.2) is 23.1 Å². The summed E-state index contributed by atoms with van der Waals surface area (Å²) >= 11 is 3.42. The van der Waals surface area contributed by atoms with E-state index in [2.05, 4.69) is 20.7 Å². The van der Waals surface area contributed by atoms with Crippen LogP contribution >= 0.6 is 15.9 Å². The lowest BCUT2D eigenvalue weighted by Gasteiger charge is -2.19. The van der Waals surface area contributed by atoms with Crippen LogP contribution in [0.3, 0.4) is 0 Å². The summed E-state index contributed by atoms with van der Waals surface area (Å²) in [6.07, 6.45) is 2.92. The first-order valence-corrected chi connectivity index (χ1v) is 8.89. The fraction of sp³-hybridized carbons (Fsp3) is 0.538. The monoisotopic (exact) mass is 349 g/mol. The van der Waals surface area contributed by atoms with Gasteiger partial charge in [-0.3, -0.25) is 0 Å². The van der Waals surface area contributed by atoms with Gasteiger partial charge in [-0.25, -0.2) is 17.5 Å². The van der Waals surface area contributed by atoms with Gasteiger partial charge in [0.05, 0.1) is 4.90 Å². The predicted octanol–water partition coefficient (Wildman–Crippen LogP) is 2.98. The molecule has 2 rings (SSSR count). The summed E-state index contributed by atoms with van der Waals surface area (Å²) in [6, 6.07) is 3.71. The second kappa shape index (κ2) is 5.89. The van der Waals surface area contributed by atoms with E-state index in [4.69, 9.17) is 0 Å². The summed E-state index contributed by atoms with van der Waals surface area (Å²) in [5.74, 6) is -0.0915. The van der Waals surface area contributed by atoms with Crippen LogP contribution in [0.5, 0.6) is 0 Å². The molecule has 106 valence electrons. The van der Waals surface area contributed by atoms with E-state index in [1.165, 1.54) is 18.2 Å². The molecule has 0 spiro atoms. The molecule has 0 saturated heterocycles. The molecule has 2 atom stereocenters. The highest BCUT2D eigenvalue weighted by Gasteiger charge is 2.31. The Bertz CT molecular complexity index is 562. The van der Waals surface area contributed by atoms with Gasteiger partial charge in [0.1, 0.15) is 5.82 Å². The van der Waals surface area contributed by atoms with Crippen molar-refractivity contribution in [3.05, 3.63) is 29.6 Å². The predicted molar refractivity (Wildman–Crippen MR) is 76.4 cm³/mol. The SMILES string of the molecule is Cc1cc(F)ccc1S(=O)(=O)NC1CCCC1CBr. The molecule has 2 unspecified atom stereocenters. The van der Waals surface area contributed by atoms with Gasteiger partial charge in [0.15, 0.2) is 0 Å². The van der Waals surface area contributed by atoms with Crippen molar-refractivity contribution in [2.24, 2.45) is 5.92 Å². The van der Waals surface area contributed by atoms with Crippen LogP contribution < -0.4 is 4.72 Å². The topological polar surface area (TPSA) is 46.2 Å². The molecule has 1 aromatic carbocycles. The zero-order valence-electron chi connectivity index (χ0n) is 10.7. The molecule has 1 N–H and O–H groups in total. The van der Waals surface area contributed by atoms with Crippen molar-refractivity contribution in [3.8, 4) is 0 Å². The van der Waals surface area contributed by atoms with Crippen molar-refractivity contribution >= 4 is 26.0 Å². The molecule has 1 fully saturated rings. The van der Waals surface area contributed by atoms with E-state index in [1.807, 2.05) is 0 Å². The van der Waals surface area contributed by atoms with E-state index in [9.17, 15) is 12.8 Å². The van der Waals surface area contributed by atoms with E-state index in [1.54, 1.807) is 6.92 Å². The third-order valence-corrected chi connectivity index (χ3v) is 6.07. The van der Waals surface area contributed by atoms with Gasteiger partial charge in [0, 0.05) is 11.4 Å². The second-order valence-electron chi connectivity index (χ2n) is 4.98. The Hall–Kier alpha value is -0.460. The summed E-state index contributed by atoms with van der Waals surface area (Å²) < 4.78 is 40.5. The molecule has 0 aliphatic heterocycles. The lowest BCUT2D eigenvalue weighted by molar-refractivity contribution is 0.484. The number of nitrogens with one attached hydrogen (secondary N) is 1. The van der Waals surface area contributed by atoms with Crippen LogP contribution in [0.2, 0.25) is 0 Å². The summed E-state index contributed by atoms with van der Waals surface area (Å²) in [6.45, 7) is 1.61. The first kappa shape index (κ1) is 14.9. The van der Waals surface area contributed by atoms with E-state index in [0.717, 1.165) is 24.6 Å². The highest BCUT2D eigenvalue weighted by molar-refractivity contribution is 9.09. The fourth-order valence-corrected chi connectivity index (χ4v) is 4.89. The Balaban J connectivity index is 2.23. The Morgan fingerprint density at radius 2 is 2.16 bits per heavy atom. The van der Waals surface area contributed by atoms with Gasteiger partial charge < -0.3 is 0 Å². The number of hydrogen-bond donors (Lipinski definition) is 1. The van der Waals surface area contributed by atoms with Gasteiger partial charge in [0.2, 0.25) is 10.0 Å². The molecule has 0 aromatic heterocycles. The molecule has 19 heavy (non-hydrogen) atoms. The Kier molecular flexibility index (Phi) is 4.63. The summed E-state index contributed by atoms with van der Waals surface area (Å²) in [4.78, 5) is 0.161. The minimum atomic E-state index is -3.57. The molecule has 0 heterocycles. The summed E-state index contributed by atoms with van der Waals surface area (Å²) in [5, 5.41) is 0.794. The lowest BCUT2D eigenvalue weighted by Crippen LogP contribution is -2.38. The Morgan fingerprint density at radius 3 is 2.79 bits per heavy atom. The summed E-state index contributed by atoms with van der Waals surface area (Å²) in [7, 11) is -3.57. The normalized spacial score (nSPS) is 23.7. The largest absolute Gasteiger partial charge is 0.241 e. The minimum Gasteiger partial charge on any atom is -0.208 e. The fourth-order valence-electron chi connectivity index (χ4n) is 2.55. The van der Waals surface area contributed by atoms with E-state index < -0.39 is 15.8 Å². The highest BCUT2D eigenvalue weighted by atomic mass is 79.9. The molecular weight excluding hydrogens is 333 g/mol. The molecule has 0 bridgehead atoms. The average molecular weight is 350 g/mol. The third kappa shape index (κ3) is 3.35. The van der Waals surface area contributed by atoms with Crippen molar-refractivity contribution in [1.29, 1.82) is 0 Å². The van der Waals surface area contributed by atoms with Gasteiger partial charge in [-0.1, -0.05) is 22.4 Å². The smallest absolute Gasteiger partial charge is 0.208 e. The first-order valence-electron chi connectivity index (χ1n) is 6.28. The molecule has 1 saturated carbocycles. The van der Waals surface area contributed by atoms with Crippen molar-refractivity contribution in [2.45, 2.75) is 37.1 Å². The molecule has 0 radical (unpaired) electrons. The lowest BCUT2D eigenvalue weighted by atomic mass is 10.1. The third-order valence-electron chi connectivity index (χ3n) is 3.59. The van der Waals surface area contributed by atoms with E-state index in [0.29, 0.717) is 11.5 Å². The van der Waals surface area contributed by atoms with Crippen molar-refractivity contribution in [1.82, 2.24) is 4.72 Å². The van der Waals surface area contributed by atoms with Crippen LogP contribution in [-0.2, 0) is 10.0 Å². The maximum Gasteiger partial charge on any atom is 0.241 e. The van der Waals surface area contributed by atoms with Crippen LogP contribution in [0.25, 0.3) is 0 Å². The van der Waals surface area contributed by atoms with Crippen molar-refractivity contribution < 1.29 is 12.8 Å². The number of halogens is 2. The van der Waals surface area contributed by atoms with Crippen LogP contribution in [0.4, 0.5) is 4.39 Å². The standard InChI is InChI=1S/C13H17BrFNO2S/c1-9-7-11(15)5-6-13(9)19(17,18)16-12-4-2-3-10(12)8-14/h5-7,10,12,16H,2-4,8H2,1H3. The average Bonchev–Trinajstić information content (AvgIpc) is 2.74. The van der Waals surface area contributed by atoms with Crippen molar-refractivity contribution in [3.63, 3.8) is 0 Å². The maximum absolute atomic E-state index is 13.0. The number of rotatable bonds is 4. The Labute approximate surface area is 121 Å². The zero-order chi connectivity index (χ0) is 14.0.